The smallest absolute Gasteiger partial charge is 0.127 e. The fourth-order valence-corrected chi connectivity index (χ4v) is 2.10. The SMILES string of the molecule is CC1(CNCc2ccccc2F)CCC1. The van der Waals surface area contributed by atoms with E-state index in [2.05, 4.69) is 12.2 Å². The van der Waals surface area contributed by atoms with Crippen molar-refractivity contribution in [1.82, 2.24) is 5.32 Å². The van der Waals surface area contributed by atoms with Crippen molar-refractivity contribution in [1.29, 1.82) is 0 Å². The van der Waals surface area contributed by atoms with Gasteiger partial charge in [0.05, 0.1) is 0 Å². The van der Waals surface area contributed by atoms with Gasteiger partial charge >= 0.3 is 0 Å². The lowest BCUT2D eigenvalue weighted by molar-refractivity contribution is 0.156. The summed E-state index contributed by atoms with van der Waals surface area (Å²) in [5.74, 6) is -0.108. The molecule has 2 rings (SSSR count). The predicted molar refractivity (Wildman–Crippen MR) is 60.1 cm³/mol. The minimum absolute atomic E-state index is 0.108. The van der Waals surface area contributed by atoms with Crippen LogP contribution in [0.15, 0.2) is 24.3 Å². The molecule has 82 valence electrons. The number of nitrogens with one attached hydrogen (secondary N) is 1. The van der Waals surface area contributed by atoms with Crippen LogP contribution in [0.3, 0.4) is 0 Å². The van der Waals surface area contributed by atoms with Crippen molar-refractivity contribution in [3.63, 3.8) is 0 Å². The third kappa shape index (κ3) is 2.57. The molecule has 0 heterocycles. The molecule has 0 radical (unpaired) electrons. The molecule has 1 aliphatic rings. The van der Waals surface area contributed by atoms with Crippen molar-refractivity contribution in [3.05, 3.63) is 35.6 Å². The standard InChI is InChI=1S/C13H18FN/c1-13(7-4-8-13)10-15-9-11-5-2-3-6-12(11)14/h2-3,5-6,15H,4,7-10H2,1H3. The Labute approximate surface area is 90.7 Å². The molecular formula is C13H18FN. The van der Waals surface area contributed by atoms with E-state index in [0.29, 0.717) is 12.0 Å². The summed E-state index contributed by atoms with van der Waals surface area (Å²) in [6.07, 6.45) is 3.95. The topological polar surface area (TPSA) is 12.0 Å². The Hall–Kier alpha value is -0.890. The molecule has 15 heavy (non-hydrogen) atoms. The highest BCUT2D eigenvalue weighted by molar-refractivity contribution is 5.16. The van der Waals surface area contributed by atoms with Gasteiger partial charge in [-0.25, -0.2) is 4.39 Å². The van der Waals surface area contributed by atoms with Crippen molar-refractivity contribution in [2.24, 2.45) is 5.41 Å². The van der Waals surface area contributed by atoms with Gasteiger partial charge in [-0.1, -0.05) is 31.5 Å². The average molecular weight is 207 g/mol. The molecular weight excluding hydrogens is 189 g/mol. The van der Waals surface area contributed by atoms with Gasteiger partial charge in [-0.3, -0.25) is 0 Å². The van der Waals surface area contributed by atoms with E-state index in [4.69, 9.17) is 0 Å². The van der Waals surface area contributed by atoms with Crippen LogP contribution in [0.1, 0.15) is 31.7 Å². The van der Waals surface area contributed by atoms with Crippen molar-refractivity contribution in [3.8, 4) is 0 Å². The fraction of sp³-hybridized carbons (Fsp3) is 0.538. The molecule has 0 saturated heterocycles. The predicted octanol–water partition coefficient (Wildman–Crippen LogP) is 3.11. The molecule has 0 bridgehead atoms. The first-order valence-corrected chi connectivity index (χ1v) is 5.64. The van der Waals surface area contributed by atoms with Gasteiger partial charge in [0, 0.05) is 18.7 Å². The van der Waals surface area contributed by atoms with Gasteiger partial charge in [0.15, 0.2) is 0 Å². The van der Waals surface area contributed by atoms with Gasteiger partial charge in [0.25, 0.3) is 0 Å². The number of rotatable bonds is 4. The van der Waals surface area contributed by atoms with E-state index in [-0.39, 0.29) is 5.82 Å². The van der Waals surface area contributed by atoms with Crippen LogP contribution in [0.25, 0.3) is 0 Å². The summed E-state index contributed by atoms with van der Waals surface area (Å²) in [6.45, 7) is 3.94. The zero-order valence-electron chi connectivity index (χ0n) is 9.22. The van der Waals surface area contributed by atoms with Crippen molar-refractivity contribution < 1.29 is 4.39 Å². The van der Waals surface area contributed by atoms with Crippen LogP contribution in [0.5, 0.6) is 0 Å². The van der Waals surface area contributed by atoms with Gasteiger partial charge in [-0.15, -0.1) is 0 Å². The van der Waals surface area contributed by atoms with Gasteiger partial charge in [0.1, 0.15) is 5.82 Å². The molecule has 0 amide bonds. The Kier molecular flexibility index (Phi) is 3.06. The fourth-order valence-electron chi connectivity index (χ4n) is 2.10. The summed E-state index contributed by atoms with van der Waals surface area (Å²) in [5, 5.41) is 3.34. The zero-order valence-corrected chi connectivity index (χ0v) is 9.22. The van der Waals surface area contributed by atoms with Crippen LogP contribution in [0.2, 0.25) is 0 Å². The molecule has 0 aromatic heterocycles. The first kappa shape index (κ1) is 10.6. The van der Waals surface area contributed by atoms with E-state index in [1.807, 2.05) is 12.1 Å². The molecule has 0 atom stereocenters. The molecule has 2 heteroatoms. The molecule has 1 fully saturated rings. The van der Waals surface area contributed by atoms with Crippen molar-refractivity contribution in [2.45, 2.75) is 32.7 Å². The second-order valence-electron chi connectivity index (χ2n) is 4.86. The highest BCUT2D eigenvalue weighted by atomic mass is 19.1. The summed E-state index contributed by atoms with van der Waals surface area (Å²) in [5.41, 5.74) is 1.23. The maximum atomic E-state index is 13.3. The van der Waals surface area contributed by atoms with Crippen LogP contribution in [-0.2, 0) is 6.54 Å². The third-order valence-electron chi connectivity index (χ3n) is 3.39. The molecule has 0 aliphatic heterocycles. The molecule has 1 aromatic carbocycles. The third-order valence-corrected chi connectivity index (χ3v) is 3.39. The minimum Gasteiger partial charge on any atom is -0.312 e. The molecule has 1 aromatic rings. The van der Waals surface area contributed by atoms with E-state index >= 15 is 0 Å². The van der Waals surface area contributed by atoms with Crippen molar-refractivity contribution in [2.75, 3.05) is 6.54 Å². The van der Waals surface area contributed by atoms with Gasteiger partial charge in [0.2, 0.25) is 0 Å². The van der Waals surface area contributed by atoms with Crippen LogP contribution in [0.4, 0.5) is 4.39 Å². The molecule has 0 unspecified atom stereocenters. The van der Waals surface area contributed by atoms with Gasteiger partial charge in [-0.05, 0) is 24.3 Å². The summed E-state index contributed by atoms with van der Waals surface area (Å²) in [6, 6.07) is 6.96. The number of benzene rings is 1. The van der Waals surface area contributed by atoms with Crippen LogP contribution >= 0.6 is 0 Å². The molecule has 1 saturated carbocycles. The Morgan fingerprint density at radius 2 is 2.07 bits per heavy atom. The van der Waals surface area contributed by atoms with E-state index in [0.717, 1.165) is 12.1 Å². The van der Waals surface area contributed by atoms with E-state index < -0.39 is 0 Å². The molecule has 1 aliphatic carbocycles. The maximum absolute atomic E-state index is 13.3. The summed E-state index contributed by atoms with van der Waals surface area (Å²) in [4.78, 5) is 0. The average Bonchev–Trinajstić information content (AvgIpc) is 2.18. The Morgan fingerprint density at radius 3 is 2.67 bits per heavy atom. The first-order valence-electron chi connectivity index (χ1n) is 5.64. The highest BCUT2D eigenvalue weighted by Crippen LogP contribution is 2.39. The van der Waals surface area contributed by atoms with Crippen LogP contribution in [-0.4, -0.2) is 6.54 Å². The first-order chi connectivity index (χ1) is 7.20. The lowest BCUT2D eigenvalue weighted by Gasteiger charge is -2.38. The largest absolute Gasteiger partial charge is 0.312 e. The van der Waals surface area contributed by atoms with Crippen LogP contribution in [0, 0.1) is 11.2 Å². The summed E-state index contributed by atoms with van der Waals surface area (Å²) < 4.78 is 13.3. The van der Waals surface area contributed by atoms with E-state index in [9.17, 15) is 4.39 Å². The number of hydrogen-bond acceptors (Lipinski definition) is 1. The van der Waals surface area contributed by atoms with Crippen LogP contribution < -0.4 is 5.32 Å². The zero-order chi connectivity index (χ0) is 10.7. The van der Waals surface area contributed by atoms with Gasteiger partial charge in [-0.2, -0.15) is 0 Å². The lowest BCUT2D eigenvalue weighted by atomic mass is 9.70. The van der Waals surface area contributed by atoms with Crippen molar-refractivity contribution >= 4 is 0 Å². The highest BCUT2D eigenvalue weighted by Gasteiger charge is 2.30. The Bertz CT molecular complexity index is 331. The quantitative estimate of drug-likeness (QED) is 0.800. The second-order valence-corrected chi connectivity index (χ2v) is 4.86. The maximum Gasteiger partial charge on any atom is 0.127 e. The molecule has 1 N–H and O–H groups in total. The minimum atomic E-state index is -0.108. The van der Waals surface area contributed by atoms with E-state index in [1.165, 1.54) is 25.3 Å². The number of halogens is 1. The monoisotopic (exact) mass is 207 g/mol. The number of hydrogen-bond donors (Lipinski definition) is 1. The Balaban J connectivity index is 1.81. The second kappa shape index (κ2) is 4.31. The summed E-state index contributed by atoms with van der Waals surface area (Å²) in [7, 11) is 0. The Morgan fingerprint density at radius 1 is 1.33 bits per heavy atom. The van der Waals surface area contributed by atoms with Gasteiger partial charge < -0.3 is 5.32 Å². The molecule has 1 nitrogen and oxygen atoms in total. The van der Waals surface area contributed by atoms with E-state index in [1.54, 1.807) is 6.07 Å². The molecule has 0 spiro atoms. The summed E-state index contributed by atoms with van der Waals surface area (Å²) >= 11 is 0. The normalized spacial score (nSPS) is 18.5. The lowest BCUT2D eigenvalue weighted by Crippen LogP contribution is -2.37.